The van der Waals surface area contributed by atoms with E-state index >= 15 is 0 Å². The van der Waals surface area contributed by atoms with Crippen molar-refractivity contribution >= 4 is 23.6 Å². The van der Waals surface area contributed by atoms with Gasteiger partial charge in [-0.15, -0.1) is 11.8 Å². The first-order valence-electron chi connectivity index (χ1n) is 12.9. The molecule has 0 saturated heterocycles. The van der Waals surface area contributed by atoms with Gasteiger partial charge in [-0.1, -0.05) is 74.5 Å². The Morgan fingerprint density at radius 1 is 0.946 bits per heavy atom. The van der Waals surface area contributed by atoms with E-state index < -0.39 is 6.09 Å². The Morgan fingerprint density at radius 3 is 2.30 bits per heavy atom. The van der Waals surface area contributed by atoms with Crippen LogP contribution in [0.25, 0.3) is 0 Å². The molecule has 1 amide bonds. The molecule has 0 bridgehead atoms. The van der Waals surface area contributed by atoms with E-state index in [4.69, 9.17) is 9.15 Å². The van der Waals surface area contributed by atoms with E-state index in [2.05, 4.69) is 36.6 Å². The monoisotopic (exact) mass is 522 g/mol. The Hall–Kier alpha value is -3.03. The second kappa shape index (κ2) is 15.9. The van der Waals surface area contributed by atoms with Crippen molar-refractivity contribution in [2.45, 2.75) is 57.6 Å². The van der Waals surface area contributed by atoms with Gasteiger partial charge in [0.1, 0.15) is 12.4 Å². The van der Waals surface area contributed by atoms with Gasteiger partial charge >= 0.3 is 6.09 Å². The lowest BCUT2D eigenvalue weighted by Crippen LogP contribution is -2.48. The van der Waals surface area contributed by atoms with Gasteiger partial charge in [-0.25, -0.2) is 4.79 Å². The maximum Gasteiger partial charge on any atom is 0.407 e. The molecule has 0 aliphatic rings. The van der Waals surface area contributed by atoms with E-state index in [1.807, 2.05) is 60.7 Å². The molecule has 0 saturated carbocycles. The topological polar surface area (TPSA) is 80.6 Å². The molecular formula is C30H38N2O4S. The molecule has 1 unspecified atom stereocenters. The minimum absolute atomic E-state index is 0.147. The van der Waals surface area contributed by atoms with Crippen LogP contribution in [0.2, 0.25) is 0 Å². The number of benzene rings is 2. The number of hydrogen-bond donors (Lipinski definition) is 2. The maximum atomic E-state index is 13.2. The number of rotatable bonds is 16. The van der Waals surface area contributed by atoms with Crippen LogP contribution in [-0.2, 0) is 28.3 Å². The van der Waals surface area contributed by atoms with Crippen molar-refractivity contribution < 1.29 is 18.7 Å². The highest BCUT2D eigenvalue weighted by atomic mass is 32.2. The van der Waals surface area contributed by atoms with E-state index in [-0.39, 0.29) is 24.5 Å². The van der Waals surface area contributed by atoms with E-state index in [1.54, 1.807) is 18.0 Å². The zero-order valence-electron chi connectivity index (χ0n) is 21.7. The summed E-state index contributed by atoms with van der Waals surface area (Å²) in [5.41, 5.74) is 2.14. The van der Waals surface area contributed by atoms with Gasteiger partial charge in [0.2, 0.25) is 0 Å². The number of carbonyl (C=O) groups is 2. The second-order valence-electron chi connectivity index (χ2n) is 9.56. The van der Waals surface area contributed by atoms with Crippen LogP contribution in [0.4, 0.5) is 4.79 Å². The van der Waals surface area contributed by atoms with Crippen LogP contribution in [0.15, 0.2) is 83.5 Å². The third-order valence-electron chi connectivity index (χ3n) is 5.92. The molecule has 2 N–H and O–H groups in total. The van der Waals surface area contributed by atoms with Crippen LogP contribution in [-0.4, -0.2) is 36.3 Å². The molecule has 0 fully saturated rings. The molecule has 2 aromatic carbocycles. The number of Topliss-reactive ketones (excluding diaryl/α,β-unsaturated/α-hetero) is 1. The SMILES string of the molecule is CC(C)C[C@@H](CNC(CCc1ccccc1)C(=O)CSCc1ccco1)NC(=O)OCc1ccccc1. The lowest BCUT2D eigenvalue weighted by atomic mass is 10.0. The lowest BCUT2D eigenvalue weighted by Gasteiger charge is -2.24. The Kier molecular flexibility index (Phi) is 12.3. The number of aryl methyl sites for hydroxylation is 1. The Morgan fingerprint density at radius 2 is 1.65 bits per heavy atom. The fourth-order valence-electron chi connectivity index (χ4n) is 4.06. The first-order valence-corrected chi connectivity index (χ1v) is 14.0. The number of alkyl carbamates (subject to hydrolysis) is 1. The zero-order valence-corrected chi connectivity index (χ0v) is 22.5. The minimum Gasteiger partial charge on any atom is -0.468 e. The Labute approximate surface area is 224 Å². The molecule has 0 aliphatic carbocycles. The minimum atomic E-state index is -0.447. The summed E-state index contributed by atoms with van der Waals surface area (Å²) < 4.78 is 10.8. The molecule has 2 atom stereocenters. The number of hydrogen-bond acceptors (Lipinski definition) is 6. The molecule has 0 spiro atoms. The van der Waals surface area contributed by atoms with Crippen molar-refractivity contribution in [3.63, 3.8) is 0 Å². The summed E-state index contributed by atoms with van der Waals surface area (Å²) in [5.74, 6) is 2.46. The van der Waals surface area contributed by atoms with Crippen LogP contribution in [0.1, 0.15) is 43.6 Å². The van der Waals surface area contributed by atoms with Crippen LogP contribution in [0.5, 0.6) is 0 Å². The molecule has 198 valence electrons. The normalized spacial score (nSPS) is 12.7. The standard InChI is InChI=1S/C30H38N2O4S/c1-23(2)18-26(32-30(34)36-20-25-12-7-4-8-13-25)19-31-28(16-15-24-10-5-3-6-11-24)29(33)22-37-21-27-14-9-17-35-27/h3-14,17,23,26,28,31H,15-16,18-22H2,1-2H3,(H,32,34)/t26-,28?/m0/s1. The largest absolute Gasteiger partial charge is 0.468 e. The third-order valence-corrected chi connectivity index (χ3v) is 6.90. The molecule has 1 heterocycles. The van der Waals surface area contributed by atoms with Gasteiger partial charge in [0.25, 0.3) is 0 Å². The number of amides is 1. The van der Waals surface area contributed by atoms with Crippen LogP contribution in [0, 0.1) is 5.92 Å². The van der Waals surface area contributed by atoms with Gasteiger partial charge in [-0.2, -0.15) is 0 Å². The van der Waals surface area contributed by atoms with Crippen molar-refractivity contribution in [3.8, 4) is 0 Å². The highest BCUT2D eigenvalue weighted by Crippen LogP contribution is 2.15. The summed E-state index contributed by atoms with van der Waals surface area (Å²) in [6, 6.07) is 23.1. The number of carbonyl (C=O) groups excluding carboxylic acids is 2. The predicted molar refractivity (Wildman–Crippen MR) is 149 cm³/mol. The van der Waals surface area contributed by atoms with E-state index in [1.165, 1.54) is 5.56 Å². The van der Waals surface area contributed by atoms with Crippen molar-refractivity contribution in [1.82, 2.24) is 10.6 Å². The van der Waals surface area contributed by atoms with Gasteiger partial charge in [0.05, 0.1) is 23.8 Å². The average molecular weight is 523 g/mol. The predicted octanol–water partition coefficient (Wildman–Crippen LogP) is 6.01. The summed E-state index contributed by atoms with van der Waals surface area (Å²) in [6.07, 6.45) is 3.47. The van der Waals surface area contributed by atoms with Gasteiger partial charge in [0, 0.05) is 12.6 Å². The number of ether oxygens (including phenoxy) is 1. The fraction of sp³-hybridized carbons (Fsp3) is 0.400. The van der Waals surface area contributed by atoms with Crippen molar-refractivity contribution in [3.05, 3.63) is 95.9 Å². The van der Waals surface area contributed by atoms with Gasteiger partial charge in [-0.05, 0) is 48.4 Å². The molecular weight excluding hydrogens is 484 g/mol. The molecule has 6 nitrogen and oxygen atoms in total. The van der Waals surface area contributed by atoms with Crippen LogP contribution >= 0.6 is 11.8 Å². The van der Waals surface area contributed by atoms with Gasteiger partial charge < -0.3 is 19.8 Å². The Bertz CT molecular complexity index is 1040. The zero-order chi connectivity index (χ0) is 26.3. The molecule has 0 radical (unpaired) electrons. The fourth-order valence-corrected chi connectivity index (χ4v) is 4.93. The summed E-state index contributed by atoms with van der Waals surface area (Å²) in [5, 5.41) is 6.46. The first kappa shape index (κ1) is 28.5. The van der Waals surface area contributed by atoms with Crippen molar-refractivity contribution in [2.75, 3.05) is 12.3 Å². The quantitative estimate of drug-likeness (QED) is 0.240. The molecule has 3 rings (SSSR count). The molecule has 7 heteroatoms. The second-order valence-corrected chi connectivity index (χ2v) is 10.5. The highest BCUT2D eigenvalue weighted by molar-refractivity contribution is 7.99. The molecule has 37 heavy (non-hydrogen) atoms. The van der Waals surface area contributed by atoms with Crippen molar-refractivity contribution in [2.24, 2.45) is 5.92 Å². The van der Waals surface area contributed by atoms with E-state index in [0.717, 1.165) is 24.2 Å². The average Bonchev–Trinajstić information content (AvgIpc) is 3.42. The summed E-state index contributed by atoms with van der Waals surface area (Å²) >= 11 is 1.56. The van der Waals surface area contributed by atoms with Crippen molar-refractivity contribution in [1.29, 1.82) is 0 Å². The summed E-state index contributed by atoms with van der Waals surface area (Å²) in [7, 11) is 0. The summed E-state index contributed by atoms with van der Waals surface area (Å²) in [4.78, 5) is 25.7. The highest BCUT2D eigenvalue weighted by Gasteiger charge is 2.22. The van der Waals surface area contributed by atoms with Crippen LogP contribution in [0.3, 0.4) is 0 Å². The van der Waals surface area contributed by atoms with Gasteiger partial charge in [-0.3, -0.25) is 4.79 Å². The molecule has 1 aromatic heterocycles. The number of thioether (sulfide) groups is 1. The van der Waals surface area contributed by atoms with Crippen LogP contribution < -0.4 is 10.6 Å². The maximum absolute atomic E-state index is 13.2. The lowest BCUT2D eigenvalue weighted by molar-refractivity contribution is -0.118. The number of nitrogens with one attached hydrogen (secondary N) is 2. The Balaban J connectivity index is 1.55. The van der Waals surface area contributed by atoms with E-state index in [9.17, 15) is 9.59 Å². The summed E-state index contributed by atoms with van der Waals surface area (Å²) in [6.45, 7) is 4.95. The van der Waals surface area contributed by atoms with E-state index in [0.29, 0.717) is 30.4 Å². The van der Waals surface area contributed by atoms with Gasteiger partial charge in [0.15, 0.2) is 5.78 Å². The number of ketones is 1. The molecule has 3 aromatic rings. The number of furan rings is 1. The molecule has 0 aliphatic heterocycles. The smallest absolute Gasteiger partial charge is 0.407 e. The third kappa shape index (κ3) is 11.3. The first-order chi connectivity index (χ1) is 18.0.